The summed E-state index contributed by atoms with van der Waals surface area (Å²) in [6.45, 7) is 0.323. The Balaban J connectivity index is 1.64. The smallest absolute Gasteiger partial charge is 0.255 e. The molecule has 0 bridgehead atoms. The van der Waals surface area contributed by atoms with Gasteiger partial charge in [0.25, 0.3) is 5.91 Å². The van der Waals surface area contributed by atoms with Crippen molar-refractivity contribution in [1.82, 2.24) is 0 Å². The van der Waals surface area contributed by atoms with E-state index in [0.29, 0.717) is 6.61 Å². The number of carbonyl (C=O) groups is 1. The Morgan fingerprint density at radius 2 is 1.54 bits per heavy atom. The normalized spacial score (nSPS) is 10.4. The van der Waals surface area contributed by atoms with Crippen molar-refractivity contribution < 1.29 is 22.7 Å². The second-order valence-corrected chi connectivity index (χ2v) is 5.48. The maximum absolute atomic E-state index is 13.6. The van der Waals surface area contributed by atoms with Crippen LogP contribution in [0, 0.1) is 17.5 Å². The Bertz CT molecular complexity index is 912. The highest BCUT2D eigenvalue weighted by Crippen LogP contribution is 2.20. The molecule has 0 aliphatic heterocycles. The fourth-order valence-electron chi connectivity index (χ4n) is 2.25. The largest absolute Gasteiger partial charge is 0.489 e. The Morgan fingerprint density at radius 1 is 0.846 bits per heavy atom. The van der Waals surface area contributed by atoms with Gasteiger partial charge in [-0.3, -0.25) is 4.79 Å². The fraction of sp³-hybridized carbons (Fsp3) is 0.0500. The van der Waals surface area contributed by atoms with Gasteiger partial charge in [-0.25, -0.2) is 13.2 Å². The van der Waals surface area contributed by atoms with Crippen molar-refractivity contribution in [1.29, 1.82) is 0 Å². The first kappa shape index (κ1) is 17.5. The Hall–Kier alpha value is -3.28. The van der Waals surface area contributed by atoms with Gasteiger partial charge in [-0.1, -0.05) is 30.3 Å². The van der Waals surface area contributed by atoms with Gasteiger partial charge in [0.1, 0.15) is 12.4 Å². The van der Waals surface area contributed by atoms with Gasteiger partial charge in [-0.05, 0) is 42.0 Å². The molecular weight excluding hydrogens is 343 g/mol. The van der Waals surface area contributed by atoms with Crippen LogP contribution in [0.15, 0.2) is 66.7 Å². The highest BCUT2D eigenvalue weighted by Gasteiger charge is 2.16. The van der Waals surface area contributed by atoms with Crippen molar-refractivity contribution in [3.63, 3.8) is 0 Å². The monoisotopic (exact) mass is 357 g/mol. The zero-order chi connectivity index (χ0) is 18.5. The predicted molar refractivity (Wildman–Crippen MR) is 91.5 cm³/mol. The van der Waals surface area contributed by atoms with Gasteiger partial charge in [-0.2, -0.15) is 0 Å². The number of nitrogens with one attached hydrogen (secondary N) is 1. The Labute approximate surface area is 148 Å². The molecule has 0 fully saturated rings. The molecule has 26 heavy (non-hydrogen) atoms. The molecule has 3 nitrogen and oxygen atoms in total. The lowest BCUT2D eigenvalue weighted by molar-refractivity contribution is 0.102. The van der Waals surface area contributed by atoms with Gasteiger partial charge in [0.05, 0.1) is 5.69 Å². The van der Waals surface area contributed by atoms with E-state index in [-0.39, 0.29) is 5.56 Å². The van der Waals surface area contributed by atoms with Crippen molar-refractivity contribution in [2.24, 2.45) is 0 Å². The van der Waals surface area contributed by atoms with Gasteiger partial charge in [-0.15, -0.1) is 0 Å². The zero-order valence-corrected chi connectivity index (χ0v) is 13.5. The highest BCUT2D eigenvalue weighted by molar-refractivity contribution is 6.04. The molecule has 0 heterocycles. The molecule has 132 valence electrons. The molecule has 1 N–H and O–H groups in total. The molecule has 0 saturated heterocycles. The van der Waals surface area contributed by atoms with Crippen LogP contribution in [0.2, 0.25) is 0 Å². The third-order valence-electron chi connectivity index (χ3n) is 3.65. The third kappa shape index (κ3) is 4.03. The Morgan fingerprint density at radius 3 is 2.23 bits per heavy atom. The number of para-hydroxylation sites is 1. The molecular formula is C20H14F3NO2. The molecule has 0 atom stereocenters. The van der Waals surface area contributed by atoms with E-state index in [1.807, 2.05) is 30.3 Å². The van der Waals surface area contributed by atoms with Crippen LogP contribution < -0.4 is 10.1 Å². The SMILES string of the molecule is O=C(Nc1ccc(F)c(F)c1F)c1ccc(COc2ccccc2)cc1. The number of benzene rings is 3. The number of halogens is 3. The number of rotatable bonds is 5. The van der Waals surface area contributed by atoms with Crippen LogP contribution in [0.4, 0.5) is 18.9 Å². The number of anilines is 1. The first-order valence-electron chi connectivity index (χ1n) is 7.76. The first-order chi connectivity index (χ1) is 12.5. The lowest BCUT2D eigenvalue weighted by atomic mass is 10.1. The number of hydrogen-bond donors (Lipinski definition) is 1. The molecule has 3 aromatic carbocycles. The van der Waals surface area contributed by atoms with E-state index in [9.17, 15) is 18.0 Å². The average molecular weight is 357 g/mol. The minimum absolute atomic E-state index is 0.248. The van der Waals surface area contributed by atoms with Crippen LogP contribution in [0.5, 0.6) is 5.75 Å². The molecule has 0 aromatic heterocycles. The standard InChI is InChI=1S/C20H14F3NO2/c21-16-10-11-17(19(23)18(16)22)24-20(25)14-8-6-13(7-9-14)12-26-15-4-2-1-3-5-15/h1-11H,12H2,(H,24,25). The lowest BCUT2D eigenvalue weighted by Crippen LogP contribution is -2.14. The highest BCUT2D eigenvalue weighted by atomic mass is 19.2. The molecule has 1 amide bonds. The minimum atomic E-state index is -1.63. The van der Waals surface area contributed by atoms with E-state index < -0.39 is 29.0 Å². The van der Waals surface area contributed by atoms with E-state index in [1.54, 1.807) is 12.1 Å². The van der Waals surface area contributed by atoms with Gasteiger partial charge in [0.2, 0.25) is 0 Å². The van der Waals surface area contributed by atoms with Crippen molar-refractivity contribution in [2.45, 2.75) is 6.61 Å². The fourth-order valence-corrected chi connectivity index (χ4v) is 2.25. The van der Waals surface area contributed by atoms with Gasteiger partial charge >= 0.3 is 0 Å². The van der Waals surface area contributed by atoms with Crippen LogP contribution in [0.1, 0.15) is 15.9 Å². The molecule has 0 radical (unpaired) electrons. The van der Waals surface area contributed by atoms with Gasteiger partial charge < -0.3 is 10.1 Å². The summed E-state index contributed by atoms with van der Waals surface area (Å²) in [6, 6.07) is 17.4. The molecule has 3 aromatic rings. The Kier molecular flexibility index (Phi) is 5.22. The molecule has 0 aliphatic carbocycles. The molecule has 6 heteroatoms. The molecule has 0 unspecified atom stereocenters. The van der Waals surface area contributed by atoms with Crippen molar-refractivity contribution in [3.05, 3.63) is 95.3 Å². The summed E-state index contributed by atoms with van der Waals surface area (Å²) in [7, 11) is 0. The van der Waals surface area contributed by atoms with E-state index in [0.717, 1.165) is 23.4 Å². The van der Waals surface area contributed by atoms with Crippen molar-refractivity contribution in [2.75, 3.05) is 5.32 Å². The predicted octanol–water partition coefficient (Wildman–Crippen LogP) is 4.94. The van der Waals surface area contributed by atoms with E-state index in [1.165, 1.54) is 12.1 Å². The maximum atomic E-state index is 13.6. The molecule has 0 saturated carbocycles. The van der Waals surface area contributed by atoms with E-state index >= 15 is 0 Å². The van der Waals surface area contributed by atoms with Gasteiger partial charge in [0.15, 0.2) is 17.5 Å². The molecule has 0 aliphatic rings. The molecule has 0 spiro atoms. The van der Waals surface area contributed by atoms with Crippen LogP contribution in [0.3, 0.4) is 0 Å². The summed E-state index contributed by atoms with van der Waals surface area (Å²) in [4.78, 5) is 12.1. The summed E-state index contributed by atoms with van der Waals surface area (Å²) in [6.07, 6.45) is 0. The maximum Gasteiger partial charge on any atom is 0.255 e. The second kappa shape index (κ2) is 7.74. The number of hydrogen-bond acceptors (Lipinski definition) is 2. The second-order valence-electron chi connectivity index (χ2n) is 5.48. The van der Waals surface area contributed by atoms with Crippen molar-refractivity contribution >= 4 is 11.6 Å². The lowest BCUT2D eigenvalue weighted by Gasteiger charge is -2.09. The van der Waals surface area contributed by atoms with Crippen LogP contribution in [0.25, 0.3) is 0 Å². The van der Waals surface area contributed by atoms with Gasteiger partial charge in [0, 0.05) is 5.56 Å². The number of ether oxygens (including phenoxy) is 1. The number of carbonyl (C=O) groups excluding carboxylic acids is 1. The topological polar surface area (TPSA) is 38.3 Å². The minimum Gasteiger partial charge on any atom is -0.489 e. The van der Waals surface area contributed by atoms with E-state index in [2.05, 4.69) is 5.32 Å². The molecule has 3 rings (SSSR count). The zero-order valence-electron chi connectivity index (χ0n) is 13.5. The first-order valence-corrected chi connectivity index (χ1v) is 7.76. The van der Waals surface area contributed by atoms with Crippen molar-refractivity contribution in [3.8, 4) is 5.75 Å². The third-order valence-corrected chi connectivity index (χ3v) is 3.65. The summed E-state index contributed by atoms with van der Waals surface area (Å²) in [5.74, 6) is -4.29. The summed E-state index contributed by atoms with van der Waals surface area (Å²) < 4.78 is 45.3. The van der Waals surface area contributed by atoms with Crippen LogP contribution >= 0.6 is 0 Å². The van der Waals surface area contributed by atoms with Crippen LogP contribution in [-0.2, 0) is 6.61 Å². The number of amides is 1. The summed E-state index contributed by atoms with van der Waals surface area (Å²) in [5.41, 5.74) is 0.660. The summed E-state index contributed by atoms with van der Waals surface area (Å²) >= 11 is 0. The summed E-state index contributed by atoms with van der Waals surface area (Å²) in [5, 5.41) is 2.22. The van der Waals surface area contributed by atoms with E-state index in [4.69, 9.17) is 4.74 Å². The van der Waals surface area contributed by atoms with Crippen LogP contribution in [-0.4, -0.2) is 5.91 Å². The average Bonchev–Trinajstić information content (AvgIpc) is 2.68. The quantitative estimate of drug-likeness (QED) is 0.657.